The molecule has 0 aromatic heterocycles. The average Bonchev–Trinajstić information content (AvgIpc) is 2.26. The van der Waals surface area contributed by atoms with Crippen molar-refractivity contribution in [1.82, 2.24) is 4.90 Å². The molecule has 1 amide bonds. The molecule has 84 valence electrons. The zero-order valence-electron chi connectivity index (χ0n) is 9.37. The molecule has 1 aliphatic rings. The smallest absolute Gasteiger partial charge is 0.410 e. The van der Waals surface area contributed by atoms with E-state index in [0.29, 0.717) is 0 Å². The highest BCUT2D eigenvalue weighted by molar-refractivity contribution is 5.67. The van der Waals surface area contributed by atoms with Crippen molar-refractivity contribution in [1.29, 1.82) is 0 Å². The predicted molar refractivity (Wildman–Crippen MR) is 60.7 cm³/mol. The van der Waals surface area contributed by atoms with Crippen LogP contribution in [0.25, 0.3) is 0 Å². The van der Waals surface area contributed by atoms with Gasteiger partial charge in [0.1, 0.15) is 6.61 Å². The van der Waals surface area contributed by atoms with Gasteiger partial charge in [0.05, 0.1) is 0 Å². The van der Waals surface area contributed by atoms with Crippen LogP contribution in [0.3, 0.4) is 0 Å². The van der Waals surface area contributed by atoms with Crippen molar-refractivity contribution < 1.29 is 9.53 Å². The van der Waals surface area contributed by atoms with E-state index in [4.69, 9.17) is 4.74 Å². The molecule has 0 N–H and O–H groups in total. The minimum atomic E-state index is -0.232. The third-order valence-electron chi connectivity index (χ3n) is 2.71. The average molecular weight is 209 g/mol. The Bertz CT molecular complexity index is 252. The molecule has 15 heavy (non-hydrogen) atoms. The van der Waals surface area contributed by atoms with E-state index in [2.05, 4.69) is 20.1 Å². The molecule has 1 heterocycles. The molecule has 1 saturated heterocycles. The number of nitrogens with zero attached hydrogens (tertiary/aromatic N) is 1. The summed E-state index contributed by atoms with van der Waals surface area (Å²) in [4.78, 5) is 13.3. The second-order valence-corrected chi connectivity index (χ2v) is 4.09. The van der Waals surface area contributed by atoms with Crippen LogP contribution in [-0.2, 0) is 4.74 Å². The lowest BCUT2D eigenvalue weighted by Crippen LogP contribution is -2.38. The Labute approximate surface area is 91.4 Å². The number of piperidine rings is 1. The van der Waals surface area contributed by atoms with Crippen molar-refractivity contribution in [2.45, 2.75) is 19.8 Å². The molecular weight excluding hydrogens is 190 g/mol. The first-order valence-corrected chi connectivity index (χ1v) is 5.35. The maximum atomic E-state index is 11.6. The van der Waals surface area contributed by atoms with E-state index in [0.717, 1.165) is 37.4 Å². The van der Waals surface area contributed by atoms with Crippen molar-refractivity contribution in [2.75, 3.05) is 19.7 Å². The van der Waals surface area contributed by atoms with Crippen LogP contribution in [0, 0.1) is 5.92 Å². The van der Waals surface area contributed by atoms with Crippen LogP contribution in [0.15, 0.2) is 24.8 Å². The van der Waals surface area contributed by atoms with E-state index in [-0.39, 0.29) is 12.7 Å². The van der Waals surface area contributed by atoms with Gasteiger partial charge in [-0.05, 0) is 24.3 Å². The first-order valence-electron chi connectivity index (χ1n) is 5.35. The maximum absolute atomic E-state index is 11.6. The van der Waals surface area contributed by atoms with Crippen LogP contribution >= 0.6 is 0 Å². The van der Waals surface area contributed by atoms with E-state index >= 15 is 0 Å². The van der Waals surface area contributed by atoms with E-state index in [1.54, 1.807) is 11.0 Å². The van der Waals surface area contributed by atoms with E-state index in [1.165, 1.54) is 0 Å². The summed E-state index contributed by atoms with van der Waals surface area (Å²) in [7, 11) is 0. The monoisotopic (exact) mass is 209 g/mol. The van der Waals surface area contributed by atoms with Crippen LogP contribution < -0.4 is 0 Å². The number of likely N-dealkylation sites (tertiary alicyclic amines) is 1. The van der Waals surface area contributed by atoms with Gasteiger partial charge in [-0.2, -0.15) is 0 Å². The van der Waals surface area contributed by atoms with Crippen molar-refractivity contribution in [2.24, 2.45) is 5.92 Å². The van der Waals surface area contributed by atoms with E-state index in [9.17, 15) is 4.79 Å². The number of ether oxygens (including phenoxy) is 1. The van der Waals surface area contributed by atoms with Crippen molar-refractivity contribution in [3.8, 4) is 0 Å². The number of hydrogen-bond donors (Lipinski definition) is 0. The fourth-order valence-electron chi connectivity index (χ4n) is 1.50. The largest absolute Gasteiger partial charge is 0.445 e. The molecule has 0 aromatic carbocycles. The molecular formula is C12H19NO2. The summed E-state index contributed by atoms with van der Waals surface area (Å²) in [6, 6.07) is 0. The topological polar surface area (TPSA) is 29.5 Å². The normalized spacial score (nSPS) is 17.3. The van der Waals surface area contributed by atoms with Gasteiger partial charge in [-0.15, -0.1) is 0 Å². The first-order chi connectivity index (χ1) is 7.13. The van der Waals surface area contributed by atoms with Crippen LogP contribution in [0.4, 0.5) is 4.79 Å². The minimum Gasteiger partial charge on any atom is -0.445 e. The molecule has 3 nitrogen and oxygen atoms in total. The molecule has 1 aliphatic heterocycles. The molecule has 0 aliphatic carbocycles. The number of carbonyl (C=O) groups is 1. The Morgan fingerprint density at radius 3 is 2.67 bits per heavy atom. The lowest BCUT2D eigenvalue weighted by molar-refractivity contribution is 0.0966. The van der Waals surface area contributed by atoms with Gasteiger partial charge in [0.15, 0.2) is 0 Å². The standard InChI is InChI=1S/C12H19NO2/c1-4-10(2)9-15-12(14)13-7-5-11(3)6-8-13/h4,11H,1-2,5-9H2,3H3. The second-order valence-electron chi connectivity index (χ2n) is 4.09. The molecule has 3 heteroatoms. The Morgan fingerprint density at radius 1 is 1.53 bits per heavy atom. The van der Waals surface area contributed by atoms with Crippen molar-refractivity contribution >= 4 is 6.09 Å². The third kappa shape index (κ3) is 3.78. The Hall–Kier alpha value is -1.25. The molecule has 0 aromatic rings. The molecule has 0 spiro atoms. The van der Waals surface area contributed by atoms with Gasteiger partial charge in [0, 0.05) is 13.1 Å². The van der Waals surface area contributed by atoms with Crippen LogP contribution in [0.2, 0.25) is 0 Å². The summed E-state index contributed by atoms with van der Waals surface area (Å²) in [5, 5.41) is 0. The van der Waals surface area contributed by atoms with Crippen LogP contribution in [0.5, 0.6) is 0 Å². The van der Waals surface area contributed by atoms with E-state index in [1.807, 2.05) is 0 Å². The van der Waals surface area contributed by atoms with Crippen LogP contribution in [-0.4, -0.2) is 30.7 Å². The molecule has 0 bridgehead atoms. The summed E-state index contributed by atoms with van der Waals surface area (Å²) >= 11 is 0. The minimum absolute atomic E-state index is 0.232. The lowest BCUT2D eigenvalue weighted by Gasteiger charge is -2.29. The summed E-state index contributed by atoms with van der Waals surface area (Å²) in [6.45, 7) is 11.3. The third-order valence-corrected chi connectivity index (χ3v) is 2.71. The highest BCUT2D eigenvalue weighted by Crippen LogP contribution is 2.16. The van der Waals surface area contributed by atoms with Gasteiger partial charge in [0.25, 0.3) is 0 Å². The van der Waals surface area contributed by atoms with Gasteiger partial charge in [-0.25, -0.2) is 4.79 Å². The molecule has 0 unspecified atom stereocenters. The van der Waals surface area contributed by atoms with Gasteiger partial charge >= 0.3 is 6.09 Å². The number of amides is 1. The summed E-state index contributed by atoms with van der Waals surface area (Å²) < 4.78 is 5.09. The van der Waals surface area contributed by atoms with E-state index < -0.39 is 0 Å². The quantitative estimate of drug-likeness (QED) is 0.669. The zero-order chi connectivity index (χ0) is 11.3. The molecule has 0 atom stereocenters. The fourth-order valence-corrected chi connectivity index (χ4v) is 1.50. The number of carbonyl (C=O) groups excluding carboxylic acids is 1. The summed E-state index contributed by atoms with van der Waals surface area (Å²) in [5.74, 6) is 0.720. The van der Waals surface area contributed by atoms with Crippen molar-refractivity contribution in [3.05, 3.63) is 24.8 Å². The molecule has 1 rings (SSSR count). The molecule has 0 radical (unpaired) electrons. The fraction of sp³-hybridized carbons (Fsp3) is 0.583. The first kappa shape index (κ1) is 11.8. The Balaban J connectivity index is 2.28. The summed E-state index contributed by atoms with van der Waals surface area (Å²) in [5.41, 5.74) is 0.730. The summed E-state index contributed by atoms with van der Waals surface area (Å²) in [6.07, 6.45) is 3.51. The van der Waals surface area contributed by atoms with Crippen LogP contribution in [0.1, 0.15) is 19.8 Å². The highest BCUT2D eigenvalue weighted by atomic mass is 16.6. The van der Waals surface area contributed by atoms with Gasteiger partial charge in [-0.3, -0.25) is 0 Å². The zero-order valence-corrected chi connectivity index (χ0v) is 9.37. The predicted octanol–water partition coefficient (Wildman–Crippen LogP) is 2.60. The number of rotatable bonds is 3. The maximum Gasteiger partial charge on any atom is 0.410 e. The molecule has 1 fully saturated rings. The SMILES string of the molecule is C=CC(=C)COC(=O)N1CCC(C)CC1. The second kappa shape index (κ2) is 5.59. The Kier molecular flexibility index (Phi) is 4.40. The lowest BCUT2D eigenvalue weighted by atomic mass is 10.00. The molecule has 0 saturated carbocycles. The Morgan fingerprint density at radius 2 is 2.13 bits per heavy atom. The van der Waals surface area contributed by atoms with Crippen molar-refractivity contribution in [3.63, 3.8) is 0 Å². The van der Waals surface area contributed by atoms with Gasteiger partial charge in [-0.1, -0.05) is 26.2 Å². The highest BCUT2D eigenvalue weighted by Gasteiger charge is 2.20. The van der Waals surface area contributed by atoms with Gasteiger partial charge < -0.3 is 9.64 Å². The number of hydrogen-bond acceptors (Lipinski definition) is 2. The van der Waals surface area contributed by atoms with Gasteiger partial charge in [0.2, 0.25) is 0 Å².